The Kier molecular flexibility index (Phi) is 3.38. The molecule has 4 rings (SSSR count). The predicted octanol–water partition coefficient (Wildman–Crippen LogP) is 2.67. The quantitative estimate of drug-likeness (QED) is 0.386. The molecule has 0 saturated heterocycles. The summed E-state index contributed by atoms with van der Waals surface area (Å²) in [6.07, 6.45) is 0. The molecule has 0 aliphatic carbocycles. The molecule has 0 nitrogen and oxygen atoms in total. The van der Waals surface area contributed by atoms with Crippen LogP contribution in [-0.2, 0) is 0 Å². The third-order valence-corrected chi connectivity index (χ3v) is 15.8. The van der Waals surface area contributed by atoms with Gasteiger partial charge in [0.25, 0.3) is 0 Å². The van der Waals surface area contributed by atoms with E-state index in [4.69, 9.17) is 0 Å². The number of hydrogen-bond acceptors (Lipinski definition) is 1. The van der Waals surface area contributed by atoms with E-state index >= 15 is 0 Å². The van der Waals surface area contributed by atoms with Crippen molar-refractivity contribution in [2.45, 2.75) is 9.79 Å². The second kappa shape index (κ2) is 5.35. The van der Waals surface area contributed by atoms with Gasteiger partial charge in [0.1, 0.15) is 0 Å². The molecule has 3 aromatic carbocycles. The van der Waals surface area contributed by atoms with Crippen LogP contribution >= 0.6 is 11.8 Å². The van der Waals surface area contributed by atoms with Gasteiger partial charge in [-0.2, -0.15) is 0 Å². The van der Waals surface area contributed by atoms with Crippen molar-refractivity contribution in [3.05, 3.63) is 78.9 Å². The van der Waals surface area contributed by atoms with E-state index in [0.717, 1.165) is 0 Å². The van der Waals surface area contributed by atoms with Crippen LogP contribution in [0.5, 0.6) is 0 Å². The molecule has 0 bridgehead atoms. The summed E-state index contributed by atoms with van der Waals surface area (Å²) in [5.74, 6) is 0. The summed E-state index contributed by atoms with van der Waals surface area (Å²) in [7, 11) is 0. The van der Waals surface area contributed by atoms with Crippen molar-refractivity contribution >= 4 is 43.3 Å². The summed E-state index contributed by atoms with van der Waals surface area (Å²) in [4.78, 5) is 2.93. The Balaban J connectivity index is 1.98. The molecule has 0 N–H and O–H groups in total. The average molecular weight is 470 g/mol. The predicted molar refractivity (Wildman–Crippen MR) is 88.1 cm³/mol. The van der Waals surface area contributed by atoms with Crippen molar-refractivity contribution in [2.24, 2.45) is 0 Å². The molecular weight excluding hydrogens is 457 g/mol. The SMILES string of the molecule is c1cc[c]([Bi]2[c]3ccccc3Sc3cccc[c]32)cc1. The first-order valence-corrected chi connectivity index (χ1v) is 12.7. The first kappa shape index (κ1) is 12.6. The minimum atomic E-state index is -2.07. The van der Waals surface area contributed by atoms with Gasteiger partial charge in [-0.1, -0.05) is 0 Å². The van der Waals surface area contributed by atoms with Crippen molar-refractivity contribution < 1.29 is 0 Å². The van der Waals surface area contributed by atoms with E-state index in [1.807, 2.05) is 11.8 Å². The first-order chi connectivity index (χ1) is 9.93. The van der Waals surface area contributed by atoms with Crippen LogP contribution < -0.4 is 9.81 Å². The summed E-state index contributed by atoms with van der Waals surface area (Å²) >= 11 is -0.140. The molecular formula is C18H13BiS. The van der Waals surface area contributed by atoms with Crippen LogP contribution in [0, 0.1) is 0 Å². The Hall–Kier alpha value is -1.11. The molecule has 0 fully saturated rings. The van der Waals surface area contributed by atoms with Gasteiger partial charge in [0.15, 0.2) is 0 Å². The van der Waals surface area contributed by atoms with Crippen molar-refractivity contribution in [3.63, 3.8) is 0 Å². The zero-order valence-electron chi connectivity index (χ0n) is 10.9. The molecule has 0 atom stereocenters. The molecule has 3 aromatic rings. The summed E-state index contributed by atoms with van der Waals surface area (Å²) in [5, 5.41) is 0. The van der Waals surface area contributed by atoms with Gasteiger partial charge in [-0.15, -0.1) is 0 Å². The molecule has 0 amide bonds. The Bertz CT molecular complexity index is 707. The van der Waals surface area contributed by atoms with Crippen LogP contribution in [0.3, 0.4) is 0 Å². The first-order valence-electron chi connectivity index (χ1n) is 6.64. The Morgan fingerprint density at radius 2 is 1.05 bits per heavy atom. The van der Waals surface area contributed by atoms with Crippen LogP contribution in [0.4, 0.5) is 0 Å². The van der Waals surface area contributed by atoms with Crippen LogP contribution in [0.1, 0.15) is 0 Å². The fourth-order valence-corrected chi connectivity index (χ4v) is 15.2. The standard InChI is InChI=1S/C12H8S.C6H5.Bi/c1-3-7-11(8-4-1)13-12-9-5-2-6-10-12;1-2-4-6-5-3-1;/h1-7,9H;1-5H;. The van der Waals surface area contributed by atoms with Crippen molar-refractivity contribution in [1.82, 2.24) is 0 Å². The maximum absolute atomic E-state index is 2.35. The maximum atomic E-state index is 2.35. The van der Waals surface area contributed by atoms with Gasteiger partial charge in [0.05, 0.1) is 0 Å². The van der Waals surface area contributed by atoms with Gasteiger partial charge >= 0.3 is 132 Å². The second-order valence-corrected chi connectivity index (χ2v) is 14.2. The summed E-state index contributed by atoms with van der Waals surface area (Å²) < 4.78 is 4.82. The molecule has 0 radical (unpaired) electrons. The van der Waals surface area contributed by atoms with E-state index < -0.39 is 21.8 Å². The molecule has 0 saturated carbocycles. The Morgan fingerprint density at radius 1 is 0.550 bits per heavy atom. The zero-order valence-corrected chi connectivity index (χ0v) is 15.2. The van der Waals surface area contributed by atoms with Crippen LogP contribution in [0.15, 0.2) is 88.7 Å². The van der Waals surface area contributed by atoms with Gasteiger partial charge in [0, 0.05) is 0 Å². The van der Waals surface area contributed by atoms with Crippen LogP contribution in [0.2, 0.25) is 0 Å². The van der Waals surface area contributed by atoms with E-state index in [-0.39, 0.29) is 0 Å². The van der Waals surface area contributed by atoms with Crippen molar-refractivity contribution in [2.75, 3.05) is 0 Å². The van der Waals surface area contributed by atoms with Gasteiger partial charge in [-0.25, -0.2) is 0 Å². The third kappa shape index (κ3) is 2.12. The third-order valence-electron chi connectivity index (χ3n) is 3.45. The van der Waals surface area contributed by atoms with E-state index in [0.29, 0.717) is 0 Å². The van der Waals surface area contributed by atoms with Crippen LogP contribution in [-0.4, -0.2) is 21.8 Å². The molecule has 20 heavy (non-hydrogen) atoms. The Morgan fingerprint density at radius 3 is 1.65 bits per heavy atom. The molecule has 1 aliphatic heterocycles. The normalized spacial score (nSPS) is 13.6. The second-order valence-electron chi connectivity index (χ2n) is 4.71. The summed E-state index contributed by atoms with van der Waals surface area (Å²) in [5.41, 5.74) is 0. The number of fused-ring (bicyclic) bond motifs is 2. The zero-order chi connectivity index (χ0) is 13.4. The molecule has 0 aromatic heterocycles. The van der Waals surface area contributed by atoms with Gasteiger partial charge in [-0.3, -0.25) is 0 Å². The monoisotopic (exact) mass is 470 g/mol. The molecule has 1 aliphatic rings. The Labute approximate surface area is 131 Å². The topological polar surface area (TPSA) is 0 Å². The fourth-order valence-electron chi connectivity index (χ4n) is 2.56. The minimum absolute atomic E-state index is 1.47. The number of benzene rings is 3. The average Bonchev–Trinajstić information content (AvgIpc) is 2.53. The van der Waals surface area contributed by atoms with Gasteiger partial charge < -0.3 is 0 Å². The molecule has 0 spiro atoms. The van der Waals surface area contributed by atoms with Gasteiger partial charge in [0.2, 0.25) is 0 Å². The summed E-state index contributed by atoms with van der Waals surface area (Å²) in [6.45, 7) is 0. The van der Waals surface area contributed by atoms with Crippen LogP contribution in [0.25, 0.3) is 0 Å². The summed E-state index contributed by atoms with van der Waals surface area (Å²) in [6, 6.07) is 29.1. The molecule has 96 valence electrons. The van der Waals surface area contributed by atoms with Gasteiger partial charge in [-0.05, 0) is 0 Å². The fraction of sp³-hybridized carbons (Fsp3) is 0. The molecule has 0 unspecified atom stereocenters. The number of hydrogen-bond donors (Lipinski definition) is 0. The molecule has 2 heteroatoms. The van der Waals surface area contributed by atoms with Crippen molar-refractivity contribution in [3.8, 4) is 0 Å². The van der Waals surface area contributed by atoms with E-state index in [2.05, 4.69) is 78.9 Å². The number of rotatable bonds is 1. The van der Waals surface area contributed by atoms with E-state index in [9.17, 15) is 0 Å². The van der Waals surface area contributed by atoms with E-state index in [1.165, 1.54) is 9.79 Å². The van der Waals surface area contributed by atoms with E-state index in [1.54, 1.807) is 9.81 Å². The van der Waals surface area contributed by atoms with Crippen molar-refractivity contribution in [1.29, 1.82) is 0 Å². The molecule has 1 heterocycles.